The molecule has 0 bridgehead atoms. The lowest BCUT2D eigenvalue weighted by molar-refractivity contribution is -0.123. The second-order valence-corrected chi connectivity index (χ2v) is 6.18. The predicted molar refractivity (Wildman–Crippen MR) is 102 cm³/mol. The first-order valence-corrected chi connectivity index (χ1v) is 8.40. The van der Waals surface area contributed by atoms with Crippen LogP contribution in [0.5, 0.6) is 0 Å². The summed E-state index contributed by atoms with van der Waals surface area (Å²) in [5, 5.41) is 6.44. The normalized spacial score (nSPS) is 17.6. The van der Waals surface area contributed by atoms with Crippen molar-refractivity contribution < 1.29 is 4.79 Å². The Hall–Kier alpha value is -1.95. The van der Waals surface area contributed by atoms with Gasteiger partial charge in [0.05, 0.1) is 6.54 Å². The number of hydrogen-bond acceptors (Lipinski definition) is 4. The summed E-state index contributed by atoms with van der Waals surface area (Å²) in [6.07, 6.45) is 3.66. The first-order valence-electron chi connectivity index (χ1n) is 8.40. The van der Waals surface area contributed by atoms with E-state index in [1.165, 1.54) is 5.56 Å². The topological polar surface area (TPSA) is 57.3 Å². The highest BCUT2D eigenvalue weighted by atomic mass is 35.5. The van der Waals surface area contributed by atoms with Crippen molar-refractivity contribution in [1.29, 1.82) is 0 Å². The third-order valence-corrected chi connectivity index (χ3v) is 4.51. The fourth-order valence-electron chi connectivity index (χ4n) is 3.08. The van der Waals surface area contributed by atoms with Gasteiger partial charge in [-0.25, -0.2) is 0 Å². The van der Waals surface area contributed by atoms with Crippen molar-refractivity contribution in [2.24, 2.45) is 0 Å². The van der Waals surface area contributed by atoms with Crippen LogP contribution in [-0.4, -0.2) is 42.0 Å². The molecule has 1 saturated heterocycles. The Bertz CT molecular complexity index is 680. The number of carbonyl (C=O) groups is 1. The van der Waals surface area contributed by atoms with Gasteiger partial charge in [0.25, 0.3) is 0 Å². The fourth-order valence-corrected chi connectivity index (χ4v) is 3.08. The quantitative estimate of drug-likeness (QED) is 0.857. The van der Waals surface area contributed by atoms with Crippen LogP contribution >= 0.6 is 12.4 Å². The highest BCUT2D eigenvalue weighted by Gasteiger charge is 2.25. The van der Waals surface area contributed by atoms with E-state index in [4.69, 9.17) is 0 Å². The molecule has 2 heterocycles. The zero-order valence-electron chi connectivity index (χ0n) is 14.4. The Balaban J connectivity index is 0.00000225. The van der Waals surface area contributed by atoms with E-state index in [0.29, 0.717) is 13.1 Å². The van der Waals surface area contributed by atoms with Crippen LogP contribution in [0.25, 0.3) is 0 Å². The minimum atomic E-state index is 0. The molecule has 1 aromatic heterocycles. The molecule has 1 fully saturated rings. The Morgan fingerprint density at radius 1 is 1.32 bits per heavy atom. The van der Waals surface area contributed by atoms with Gasteiger partial charge in [0.1, 0.15) is 0 Å². The van der Waals surface area contributed by atoms with E-state index in [-0.39, 0.29) is 24.4 Å². The van der Waals surface area contributed by atoms with Gasteiger partial charge < -0.3 is 10.6 Å². The van der Waals surface area contributed by atoms with Gasteiger partial charge in [0, 0.05) is 44.6 Å². The number of pyridine rings is 1. The molecular weight excluding hydrogens is 336 g/mol. The van der Waals surface area contributed by atoms with E-state index in [0.717, 1.165) is 30.8 Å². The van der Waals surface area contributed by atoms with Gasteiger partial charge in [0.2, 0.25) is 5.91 Å². The Kier molecular flexibility index (Phi) is 7.37. The molecule has 1 aliphatic rings. The zero-order valence-corrected chi connectivity index (χ0v) is 15.3. The minimum Gasteiger partial charge on any atom is -0.351 e. The Morgan fingerprint density at radius 3 is 2.92 bits per heavy atom. The molecule has 25 heavy (non-hydrogen) atoms. The largest absolute Gasteiger partial charge is 0.351 e. The van der Waals surface area contributed by atoms with Crippen molar-refractivity contribution >= 4 is 18.3 Å². The summed E-state index contributed by atoms with van der Waals surface area (Å²) in [5.74, 6) is 0.0639. The van der Waals surface area contributed by atoms with Crippen LogP contribution in [0, 0.1) is 6.92 Å². The van der Waals surface area contributed by atoms with Crippen LogP contribution in [0.1, 0.15) is 22.7 Å². The minimum absolute atomic E-state index is 0. The summed E-state index contributed by atoms with van der Waals surface area (Å²) < 4.78 is 0. The maximum atomic E-state index is 12.4. The maximum absolute atomic E-state index is 12.4. The van der Waals surface area contributed by atoms with Crippen molar-refractivity contribution in [2.45, 2.75) is 19.5 Å². The summed E-state index contributed by atoms with van der Waals surface area (Å²) >= 11 is 0. The molecule has 1 unspecified atom stereocenters. The molecule has 3 rings (SSSR count). The van der Waals surface area contributed by atoms with Gasteiger partial charge in [0.15, 0.2) is 0 Å². The smallest absolute Gasteiger partial charge is 0.234 e. The number of amides is 1. The molecule has 0 radical (unpaired) electrons. The molecule has 2 N–H and O–H groups in total. The molecule has 1 aromatic carbocycles. The molecule has 6 heteroatoms. The molecule has 2 aromatic rings. The molecular formula is C19H25ClN4O. The molecule has 0 spiro atoms. The number of aryl methyl sites for hydroxylation is 1. The number of benzene rings is 1. The van der Waals surface area contributed by atoms with E-state index >= 15 is 0 Å². The second-order valence-electron chi connectivity index (χ2n) is 6.18. The fraction of sp³-hybridized carbons (Fsp3) is 0.368. The van der Waals surface area contributed by atoms with Crippen molar-refractivity contribution in [2.75, 3.05) is 26.2 Å². The van der Waals surface area contributed by atoms with E-state index in [9.17, 15) is 4.79 Å². The zero-order chi connectivity index (χ0) is 16.8. The number of hydrogen-bond donors (Lipinski definition) is 2. The second kappa shape index (κ2) is 9.51. The maximum Gasteiger partial charge on any atom is 0.234 e. The van der Waals surface area contributed by atoms with Gasteiger partial charge in [-0.3, -0.25) is 14.7 Å². The monoisotopic (exact) mass is 360 g/mol. The van der Waals surface area contributed by atoms with Crippen molar-refractivity contribution in [3.05, 3.63) is 65.5 Å². The summed E-state index contributed by atoms with van der Waals surface area (Å²) in [6, 6.07) is 12.3. The first kappa shape index (κ1) is 19.4. The molecule has 5 nitrogen and oxygen atoms in total. The van der Waals surface area contributed by atoms with E-state index in [2.05, 4.69) is 45.6 Å². The predicted octanol–water partition coefficient (Wildman–Crippen LogP) is 2.07. The molecule has 1 aliphatic heterocycles. The molecule has 0 saturated carbocycles. The Morgan fingerprint density at radius 2 is 2.16 bits per heavy atom. The highest BCUT2D eigenvalue weighted by Crippen LogP contribution is 2.20. The standard InChI is InChI=1S/C19H24N4O.ClH/c1-15-5-2-3-6-16(15)12-22-19(24)14-23-10-9-21-13-18(23)17-7-4-8-20-11-17;/h2-8,11,18,21H,9-10,12-14H2,1H3,(H,22,24);1H. The number of piperazine rings is 1. The summed E-state index contributed by atoms with van der Waals surface area (Å²) in [7, 11) is 0. The van der Waals surface area contributed by atoms with Crippen LogP contribution in [0.15, 0.2) is 48.8 Å². The van der Waals surface area contributed by atoms with Crippen LogP contribution in [0.2, 0.25) is 0 Å². The molecule has 1 atom stereocenters. The van der Waals surface area contributed by atoms with Crippen LogP contribution in [0.4, 0.5) is 0 Å². The summed E-state index contributed by atoms with van der Waals surface area (Å²) in [6.45, 7) is 5.66. The van der Waals surface area contributed by atoms with E-state index in [1.807, 2.05) is 24.4 Å². The lowest BCUT2D eigenvalue weighted by Crippen LogP contribution is -2.49. The first-order chi connectivity index (χ1) is 11.7. The lowest BCUT2D eigenvalue weighted by Gasteiger charge is -2.35. The number of carbonyl (C=O) groups excluding carboxylic acids is 1. The van der Waals surface area contributed by atoms with Crippen LogP contribution in [-0.2, 0) is 11.3 Å². The molecule has 0 aliphatic carbocycles. The van der Waals surface area contributed by atoms with Crippen LogP contribution < -0.4 is 10.6 Å². The van der Waals surface area contributed by atoms with Gasteiger partial charge >= 0.3 is 0 Å². The van der Waals surface area contributed by atoms with Gasteiger partial charge in [-0.2, -0.15) is 0 Å². The van der Waals surface area contributed by atoms with Crippen molar-refractivity contribution in [1.82, 2.24) is 20.5 Å². The average Bonchev–Trinajstić information content (AvgIpc) is 2.62. The highest BCUT2D eigenvalue weighted by molar-refractivity contribution is 5.85. The average molecular weight is 361 g/mol. The lowest BCUT2D eigenvalue weighted by atomic mass is 10.1. The van der Waals surface area contributed by atoms with Gasteiger partial charge in [-0.1, -0.05) is 30.3 Å². The number of rotatable bonds is 5. The van der Waals surface area contributed by atoms with Crippen molar-refractivity contribution in [3.63, 3.8) is 0 Å². The summed E-state index contributed by atoms with van der Waals surface area (Å²) in [4.78, 5) is 18.8. The number of halogens is 1. The summed E-state index contributed by atoms with van der Waals surface area (Å²) in [5.41, 5.74) is 3.51. The third-order valence-electron chi connectivity index (χ3n) is 4.51. The van der Waals surface area contributed by atoms with Gasteiger partial charge in [-0.05, 0) is 29.7 Å². The Labute approximate surface area is 155 Å². The molecule has 134 valence electrons. The number of nitrogens with one attached hydrogen (secondary N) is 2. The third kappa shape index (κ3) is 5.26. The van der Waals surface area contributed by atoms with Crippen LogP contribution in [0.3, 0.4) is 0 Å². The SMILES string of the molecule is Cc1ccccc1CNC(=O)CN1CCNCC1c1cccnc1.Cl. The molecule has 1 amide bonds. The van der Waals surface area contributed by atoms with E-state index in [1.54, 1.807) is 6.20 Å². The van der Waals surface area contributed by atoms with Gasteiger partial charge in [-0.15, -0.1) is 12.4 Å². The van der Waals surface area contributed by atoms with Crippen molar-refractivity contribution in [3.8, 4) is 0 Å². The van der Waals surface area contributed by atoms with E-state index < -0.39 is 0 Å². The number of aromatic nitrogens is 1. The number of nitrogens with zero attached hydrogens (tertiary/aromatic N) is 2.